The van der Waals surface area contributed by atoms with Crippen molar-refractivity contribution in [1.29, 1.82) is 0 Å². The van der Waals surface area contributed by atoms with E-state index < -0.39 is 0 Å². The number of hydrogen-bond donors (Lipinski definition) is 0. The minimum absolute atomic E-state index is 0.00325. The van der Waals surface area contributed by atoms with Crippen LogP contribution in [0.4, 0.5) is 0 Å². The first-order valence-corrected chi connectivity index (χ1v) is 14.0. The van der Waals surface area contributed by atoms with E-state index in [2.05, 4.69) is 11.5 Å². The van der Waals surface area contributed by atoms with Crippen molar-refractivity contribution in [3.05, 3.63) is 76.9 Å². The molecule has 1 aliphatic heterocycles. The second kappa shape index (κ2) is 13.0. The van der Waals surface area contributed by atoms with E-state index in [1.807, 2.05) is 77.4 Å². The number of carbonyl (C=O) groups is 2. The Morgan fingerprint density at radius 1 is 0.811 bits per heavy atom. The second-order valence-corrected chi connectivity index (χ2v) is 10.3. The van der Waals surface area contributed by atoms with Crippen LogP contribution < -0.4 is 0 Å². The smallest absolute Gasteiger partial charge is 0.255 e. The molecule has 0 aliphatic carbocycles. The molecule has 5 nitrogen and oxygen atoms in total. The molecule has 0 spiro atoms. The molecule has 0 atom stereocenters. The number of nitrogens with zero attached hydrogens (tertiary/aromatic N) is 3. The Balaban J connectivity index is 1.46. The van der Waals surface area contributed by atoms with Crippen molar-refractivity contribution in [2.75, 3.05) is 26.2 Å². The van der Waals surface area contributed by atoms with Crippen LogP contribution in [0.25, 0.3) is 16.9 Å². The fraction of sp³-hybridized carbons (Fsp3) is 0.419. The fourth-order valence-corrected chi connectivity index (χ4v) is 5.35. The zero-order valence-electron chi connectivity index (χ0n) is 22.1. The van der Waals surface area contributed by atoms with Gasteiger partial charge in [0.15, 0.2) is 0 Å². The molecule has 3 aromatic rings. The molecule has 0 saturated carbocycles. The molecule has 1 aromatic heterocycles. The molecule has 2 aromatic carbocycles. The van der Waals surface area contributed by atoms with Gasteiger partial charge in [0.05, 0.1) is 22.0 Å². The van der Waals surface area contributed by atoms with Crippen LogP contribution in [0.1, 0.15) is 67.9 Å². The minimum Gasteiger partial charge on any atom is -0.339 e. The molecular formula is C31H38ClN3O2. The zero-order chi connectivity index (χ0) is 26.2. The fourth-order valence-electron chi connectivity index (χ4n) is 5.13. The molecule has 2 amide bonds. The number of benzene rings is 2. The summed E-state index contributed by atoms with van der Waals surface area (Å²) >= 11 is 6.59. The summed E-state index contributed by atoms with van der Waals surface area (Å²) in [5.74, 6) is 0.221. The average Bonchev–Trinajstić information content (AvgIpc) is 3.27. The number of halogens is 1. The minimum atomic E-state index is 0.00325. The van der Waals surface area contributed by atoms with Crippen LogP contribution in [-0.2, 0) is 4.79 Å². The lowest BCUT2D eigenvalue weighted by molar-refractivity contribution is -0.132. The standard InChI is InChI=1S/C31H38ClN3O2/c1-3-4-5-6-7-11-18-30(36)33-19-21-34(22-20-33)31(37)26-23-29(25-14-9-8-10-15-25)35(24(26)2)28-17-13-12-16-27(28)32/h8-10,12-17,23H,3-7,11,18-22H2,1-2H3. The summed E-state index contributed by atoms with van der Waals surface area (Å²) in [5.41, 5.74) is 4.34. The third-order valence-corrected chi connectivity index (χ3v) is 7.62. The van der Waals surface area contributed by atoms with Gasteiger partial charge in [0.25, 0.3) is 5.91 Å². The first-order valence-electron chi connectivity index (χ1n) is 13.6. The highest BCUT2D eigenvalue weighted by Crippen LogP contribution is 2.33. The molecular weight excluding hydrogens is 482 g/mol. The molecule has 1 aliphatic rings. The van der Waals surface area contributed by atoms with Crippen LogP contribution >= 0.6 is 11.6 Å². The summed E-state index contributed by atoms with van der Waals surface area (Å²) in [6.45, 7) is 6.48. The van der Waals surface area contributed by atoms with Crippen molar-refractivity contribution in [2.45, 2.75) is 58.8 Å². The Kier molecular flexibility index (Phi) is 9.45. The maximum absolute atomic E-state index is 13.7. The summed E-state index contributed by atoms with van der Waals surface area (Å²) < 4.78 is 2.07. The van der Waals surface area contributed by atoms with E-state index in [1.165, 1.54) is 25.7 Å². The van der Waals surface area contributed by atoms with Gasteiger partial charge in [0, 0.05) is 38.3 Å². The van der Waals surface area contributed by atoms with Crippen molar-refractivity contribution < 1.29 is 9.59 Å². The summed E-state index contributed by atoms with van der Waals surface area (Å²) in [6, 6.07) is 19.8. The SMILES string of the molecule is CCCCCCCCC(=O)N1CCN(C(=O)c2cc(-c3ccccc3)n(-c3ccccc3Cl)c2C)CC1. The monoisotopic (exact) mass is 519 g/mol. The number of aromatic nitrogens is 1. The van der Waals surface area contributed by atoms with Gasteiger partial charge in [-0.15, -0.1) is 0 Å². The third kappa shape index (κ3) is 6.45. The van der Waals surface area contributed by atoms with Gasteiger partial charge in [-0.3, -0.25) is 9.59 Å². The highest BCUT2D eigenvalue weighted by atomic mass is 35.5. The van der Waals surface area contributed by atoms with E-state index in [4.69, 9.17) is 11.6 Å². The van der Waals surface area contributed by atoms with E-state index in [0.717, 1.165) is 35.5 Å². The topological polar surface area (TPSA) is 45.6 Å². The van der Waals surface area contributed by atoms with Crippen molar-refractivity contribution in [3.8, 4) is 16.9 Å². The molecule has 0 N–H and O–H groups in total. The summed E-state index contributed by atoms with van der Waals surface area (Å²) in [7, 11) is 0. The molecule has 0 bridgehead atoms. The van der Waals surface area contributed by atoms with Crippen molar-refractivity contribution in [3.63, 3.8) is 0 Å². The van der Waals surface area contributed by atoms with Crippen LogP contribution in [0.5, 0.6) is 0 Å². The van der Waals surface area contributed by atoms with Gasteiger partial charge in [0.2, 0.25) is 5.91 Å². The number of amides is 2. The number of piperazine rings is 1. The predicted octanol–water partition coefficient (Wildman–Crippen LogP) is 7.14. The lowest BCUT2D eigenvalue weighted by Gasteiger charge is -2.35. The van der Waals surface area contributed by atoms with E-state index in [1.54, 1.807) is 0 Å². The predicted molar refractivity (Wildman–Crippen MR) is 151 cm³/mol. The largest absolute Gasteiger partial charge is 0.339 e. The van der Waals surface area contributed by atoms with E-state index in [9.17, 15) is 9.59 Å². The Morgan fingerprint density at radius 2 is 1.43 bits per heavy atom. The van der Waals surface area contributed by atoms with Gasteiger partial charge in [-0.25, -0.2) is 0 Å². The first-order chi connectivity index (χ1) is 18.0. The van der Waals surface area contributed by atoms with E-state index >= 15 is 0 Å². The number of carbonyl (C=O) groups excluding carboxylic acids is 2. The van der Waals surface area contributed by atoms with Gasteiger partial charge >= 0.3 is 0 Å². The third-order valence-electron chi connectivity index (χ3n) is 7.30. The molecule has 0 unspecified atom stereocenters. The second-order valence-electron chi connectivity index (χ2n) is 9.87. The Labute approximate surface area is 226 Å². The van der Waals surface area contributed by atoms with Gasteiger partial charge in [-0.2, -0.15) is 0 Å². The summed E-state index contributed by atoms with van der Waals surface area (Å²) in [6.07, 6.45) is 7.67. The summed E-state index contributed by atoms with van der Waals surface area (Å²) in [4.78, 5) is 30.2. The van der Waals surface area contributed by atoms with E-state index in [-0.39, 0.29) is 11.8 Å². The molecule has 4 rings (SSSR count). The normalized spacial score (nSPS) is 13.7. The van der Waals surface area contributed by atoms with E-state index in [0.29, 0.717) is 43.2 Å². The molecule has 0 radical (unpaired) electrons. The van der Waals surface area contributed by atoms with Crippen LogP contribution in [0.15, 0.2) is 60.7 Å². The highest BCUT2D eigenvalue weighted by Gasteiger charge is 2.28. The Bertz CT molecular complexity index is 1200. The first kappa shape index (κ1) is 27.0. The van der Waals surface area contributed by atoms with Gasteiger partial charge in [-0.1, -0.05) is 93.1 Å². The van der Waals surface area contributed by atoms with Crippen molar-refractivity contribution in [1.82, 2.24) is 14.4 Å². The highest BCUT2D eigenvalue weighted by molar-refractivity contribution is 6.32. The number of hydrogen-bond acceptors (Lipinski definition) is 2. The molecule has 6 heteroatoms. The van der Waals surface area contributed by atoms with Gasteiger partial charge in [0.1, 0.15) is 0 Å². The van der Waals surface area contributed by atoms with Gasteiger partial charge in [-0.05, 0) is 37.1 Å². The Morgan fingerprint density at radius 3 is 2.14 bits per heavy atom. The van der Waals surface area contributed by atoms with Crippen LogP contribution in [0.3, 0.4) is 0 Å². The number of rotatable bonds is 10. The van der Waals surface area contributed by atoms with Crippen molar-refractivity contribution >= 4 is 23.4 Å². The maximum atomic E-state index is 13.7. The molecule has 37 heavy (non-hydrogen) atoms. The molecule has 196 valence electrons. The quantitative estimate of drug-likeness (QED) is 0.267. The van der Waals surface area contributed by atoms with Gasteiger partial charge < -0.3 is 14.4 Å². The Hall–Kier alpha value is -3.05. The molecule has 1 saturated heterocycles. The number of unbranched alkanes of at least 4 members (excludes halogenated alkanes) is 5. The van der Waals surface area contributed by atoms with Crippen molar-refractivity contribution in [2.24, 2.45) is 0 Å². The zero-order valence-corrected chi connectivity index (χ0v) is 22.8. The van der Waals surface area contributed by atoms with Crippen LogP contribution in [0, 0.1) is 6.92 Å². The van der Waals surface area contributed by atoms with Crippen LogP contribution in [-0.4, -0.2) is 52.4 Å². The average molecular weight is 520 g/mol. The number of para-hydroxylation sites is 1. The lowest BCUT2D eigenvalue weighted by Crippen LogP contribution is -2.50. The lowest BCUT2D eigenvalue weighted by atomic mass is 10.1. The molecule has 2 heterocycles. The summed E-state index contributed by atoms with van der Waals surface area (Å²) in [5, 5.41) is 0.634. The molecule has 1 fully saturated rings. The maximum Gasteiger partial charge on any atom is 0.255 e. The van der Waals surface area contributed by atoms with Crippen LogP contribution in [0.2, 0.25) is 5.02 Å².